The molecule has 0 radical (unpaired) electrons. The van der Waals surface area contributed by atoms with Crippen LogP contribution in [0.5, 0.6) is 5.75 Å². The van der Waals surface area contributed by atoms with Crippen molar-refractivity contribution in [2.45, 2.75) is 38.0 Å². The zero-order valence-corrected chi connectivity index (χ0v) is 22.6. The molecular formula is C31H32FN5O3. The highest BCUT2D eigenvalue weighted by Gasteiger charge is 2.22. The third kappa shape index (κ3) is 6.03. The molecular weight excluding hydrogens is 509 g/mol. The van der Waals surface area contributed by atoms with E-state index in [1.807, 2.05) is 49.3 Å². The topological polar surface area (TPSA) is 88.8 Å². The summed E-state index contributed by atoms with van der Waals surface area (Å²) in [5.74, 6) is 0.187. The van der Waals surface area contributed by atoms with Crippen LogP contribution in [0.15, 0.2) is 76.6 Å². The van der Waals surface area contributed by atoms with Crippen molar-refractivity contribution in [3.8, 4) is 5.75 Å². The zero-order chi connectivity index (χ0) is 28.1. The maximum Gasteiger partial charge on any atom is 0.282 e. The van der Waals surface area contributed by atoms with Crippen LogP contribution in [0.3, 0.4) is 0 Å². The molecule has 0 aliphatic heterocycles. The van der Waals surface area contributed by atoms with Gasteiger partial charge in [-0.2, -0.15) is 9.78 Å². The Bertz CT molecular complexity index is 1610. The molecule has 3 aromatic carbocycles. The Balaban J connectivity index is 1.47. The van der Waals surface area contributed by atoms with E-state index in [1.54, 1.807) is 30.5 Å². The van der Waals surface area contributed by atoms with E-state index >= 15 is 0 Å². The normalized spacial score (nSPS) is 14.0. The molecule has 0 atom stereocenters. The molecule has 1 saturated carbocycles. The molecule has 1 amide bonds. The van der Waals surface area contributed by atoms with Gasteiger partial charge < -0.3 is 15.0 Å². The molecule has 0 saturated heterocycles. The summed E-state index contributed by atoms with van der Waals surface area (Å²) in [4.78, 5) is 32.9. The Morgan fingerprint density at radius 2 is 1.85 bits per heavy atom. The van der Waals surface area contributed by atoms with Gasteiger partial charge in [-0.1, -0.05) is 43.5 Å². The lowest BCUT2D eigenvalue weighted by Gasteiger charge is -2.22. The molecule has 1 aromatic heterocycles. The first-order chi connectivity index (χ1) is 19.4. The fraction of sp³-hybridized carbons (Fsp3) is 0.290. The van der Waals surface area contributed by atoms with E-state index in [2.05, 4.69) is 10.4 Å². The van der Waals surface area contributed by atoms with E-state index in [4.69, 9.17) is 9.72 Å². The summed E-state index contributed by atoms with van der Waals surface area (Å²) in [7, 11) is 3.79. The second-order valence-corrected chi connectivity index (χ2v) is 10.1. The summed E-state index contributed by atoms with van der Waals surface area (Å²) in [5, 5.41) is 7.65. The van der Waals surface area contributed by atoms with Gasteiger partial charge in [0, 0.05) is 37.3 Å². The highest BCUT2D eigenvalue weighted by molar-refractivity contribution is 5.92. The standard InChI is InChI=1S/C31H32FN5O3/c1-36(2)23-17-16-22(28(18-23)40-20-29(38)34-27-15-9-7-13-25(27)32)19-33-37-30(21-10-4-3-5-11-21)35-26-14-8-6-12-24(26)31(37)39/h6-9,12-19,21H,3-5,10-11,20H2,1-2H3,(H,34,38). The number of hydrogen-bond donors (Lipinski definition) is 1. The zero-order valence-electron chi connectivity index (χ0n) is 22.6. The number of fused-ring (bicyclic) bond motifs is 1. The van der Waals surface area contributed by atoms with Crippen molar-refractivity contribution in [2.75, 3.05) is 30.9 Å². The van der Waals surface area contributed by atoms with Crippen molar-refractivity contribution in [3.63, 3.8) is 0 Å². The number of anilines is 2. The number of nitrogens with zero attached hydrogens (tertiary/aromatic N) is 4. The van der Waals surface area contributed by atoms with Gasteiger partial charge in [-0.25, -0.2) is 9.37 Å². The van der Waals surface area contributed by atoms with E-state index in [1.165, 1.54) is 23.2 Å². The Labute approximate surface area is 232 Å². The highest BCUT2D eigenvalue weighted by Crippen LogP contribution is 2.32. The number of ether oxygens (including phenoxy) is 1. The van der Waals surface area contributed by atoms with Gasteiger partial charge in [-0.15, -0.1) is 0 Å². The highest BCUT2D eigenvalue weighted by atomic mass is 19.1. The van der Waals surface area contributed by atoms with Crippen molar-refractivity contribution < 1.29 is 13.9 Å². The largest absolute Gasteiger partial charge is 0.483 e. The predicted molar refractivity (Wildman–Crippen MR) is 156 cm³/mol. The summed E-state index contributed by atoms with van der Waals surface area (Å²) in [6.07, 6.45) is 6.85. The van der Waals surface area contributed by atoms with Crippen molar-refractivity contribution >= 4 is 34.4 Å². The SMILES string of the molecule is CN(C)c1ccc(C=Nn2c(C3CCCCC3)nc3ccccc3c2=O)c(OCC(=O)Nc2ccccc2F)c1. The first kappa shape index (κ1) is 27.1. The van der Waals surface area contributed by atoms with Crippen molar-refractivity contribution in [1.29, 1.82) is 0 Å². The van der Waals surface area contributed by atoms with Crippen molar-refractivity contribution in [3.05, 3.63) is 94.3 Å². The fourth-order valence-corrected chi connectivity index (χ4v) is 4.92. The smallest absolute Gasteiger partial charge is 0.282 e. The molecule has 40 heavy (non-hydrogen) atoms. The number of carbonyl (C=O) groups excluding carboxylic acids is 1. The number of benzene rings is 3. The van der Waals surface area contributed by atoms with Gasteiger partial charge in [-0.3, -0.25) is 9.59 Å². The fourth-order valence-electron chi connectivity index (χ4n) is 4.92. The Kier molecular flexibility index (Phi) is 8.19. The minimum absolute atomic E-state index is 0.0818. The summed E-state index contributed by atoms with van der Waals surface area (Å²) >= 11 is 0. The lowest BCUT2D eigenvalue weighted by atomic mass is 9.88. The molecule has 8 nitrogen and oxygen atoms in total. The third-order valence-corrected chi connectivity index (χ3v) is 7.08. The second kappa shape index (κ2) is 12.1. The third-order valence-electron chi connectivity index (χ3n) is 7.08. The number of halogens is 1. The molecule has 9 heteroatoms. The van der Waals surface area contributed by atoms with E-state index in [0.717, 1.165) is 31.4 Å². The number of para-hydroxylation sites is 2. The molecule has 5 rings (SSSR count). The van der Waals surface area contributed by atoms with Gasteiger partial charge in [0.1, 0.15) is 17.4 Å². The van der Waals surface area contributed by atoms with Crippen LogP contribution in [0.1, 0.15) is 49.4 Å². The van der Waals surface area contributed by atoms with Crippen molar-refractivity contribution in [2.24, 2.45) is 5.10 Å². The number of nitrogens with one attached hydrogen (secondary N) is 1. The quantitative estimate of drug-likeness (QED) is 0.296. The van der Waals surface area contributed by atoms with Crippen LogP contribution in [0, 0.1) is 5.82 Å². The lowest BCUT2D eigenvalue weighted by molar-refractivity contribution is -0.118. The van der Waals surface area contributed by atoms with E-state index in [-0.39, 0.29) is 23.8 Å². The molecule has 1 aliphatic rings. The van der Waals surface area contributed by atoms with E-state index < -0.39 is 11.7 Å². The van der Waals surface area contributed by atoms with Gasteiger partial charge in [0.15, 0.2) is 6.61 Å². The van der Waals surface area contributed by atoms with Crippen LogP contribution in [-0.4, -0.2) is 42.5 Å². The number of rotatable bonds is 8. The average Bonchev–Trinajstić information content (AvgIpc) is 2.97. The Morgan fingerprint density at radius 1 is 1.10 bits per heavy atom. The lowest BCUT2D eigenvalue weighted by Crippen LogP contribution is -2.25. The summed E-state index contributed by atoms with van der Waals surface area (Å²) < 4.78 is 21.3. The van der Waals surface area contributed by atoms with Crippen LogP contribution < -0.4 is 20.5 Å². The molecule has 0 spiro atoms. The number of aromatic nitrogens is 2. The number of hydrogen-bond acceptors (Lipinski definition) is 6. The van der Waals surface area contributed by atoms with Gasteiger partial charge in [0.05, 0.1) is 22.8 Å². The maximum absolute atomic E-state index is 14.0. The molecule has 1 fully saturated rings. The van der Waals surface area contributed by atoms with Gasteiger partial charge in [0.2, 0.25) is 0 Å². The molecule has 206 valence electrons. The van der Waals surface area contributed by atoms with E-state index in [0.29, 0.717) is 28.0 Å². The minimum Gasteiger partial charge on any atom is -0.483 e. The van der Waals surface area contributed by atoms with Crippen LogP contribution in [0.25, 0.3) is 10.9 Å². The second-order valence-electron chi connectivity index (χ2n) is 10.1. The van der Waals surface area contributed by atoms with E-state index in [9.17, 15) is 14.0 Å². The predicted octanol–water partition coefficient (Wildman–Crippen LogP) is 5.55. The first-order valence-corrected chi connectivity index (χ1v) is 13.5. The molecule has 0 unspecified atom stereocenters. The maximum atomic E-state index is 14.0. The van der Waals surface area contributed by atoms with Crippen LogP contribution in [0.4, 0.5) is 15.8 Å². The molecule has 1 heterocycles. The summed E-state index contributed by atoms with van der Waals surface area (Å²) in [5.41, 5.74) is 1.96. The molecule has 0 bridgehead atoms. The molecule has 4 aromatic rings. The molecule has 1 aliphatic carbocycles. The number of carbonyl (C=O) groups is 1. The van der Waals surface area contributed by atoms with Gasteiger partial charge in [0.25, 0.3) is 11.5 Å². The monoisotopic (exact) mass is 541 g/mol. The van der Waals surface area contributed by atoms with Crippen molar-refractivity contribution in [1.82, 2.24) is 9.66 Å². The van der Waals surface area contributed by atoms with Crippen LogP contribution in [-0.2, 0) is 4.79 Å². The Morgan fingerprint density at radius 3 is 2.62 bits per heavy atom. The van der Waals surface area contributed by atoms with Crippen LogP contribution >= 0.6 is 0 Å². The van der Waals surface area contributed by atoms with Gasteiger partial charge in [-0.05, 0) is 49.2 Å². The Hall–Kier alpha value is -4.53. The average molecular weight is 542 g/mol. The number of amides is 1. The molecule has 1 N–H and O–H groups in total. The van der Waals surface area contributed by atoms with Crippen LogP contribution in [0.2, 0.25) is 0 Å². The first-order valence-electron chi connectivity index (χ1n) is 13.5. The minimum atomic E-state index is -0.526. The van der Waals surface area contributed by atoms with Gasteiger partial charge >= 0.3 is 0 Å². The summed E-state index contributed by atoms with van der Waals surface area (Å²) in [6, 6.07) is 18.8. The summed E-state index contributed by atoms with van der Waals surface area (Å²) in [6.45, 7) is -0.336.